The van der Waals surface area contributed by atoms with Crippen molar-refractivity contribution < 1.29 is 0 Å². The van der Waals surface area contributed by atoms with Crippen LogP contribution in [0.25, 0.3) is 11.4 Å². The maximum absolute atomic E-state index is 5.29. The molecule has 4 bridgehead atoms. The van der Waals surface area contributed by atoms with Crippen molar-refractivity contribution in [2.75, 3.05) is 0 Å². The van der Waals surface area contributed by atoms with Crippen molar-refractivity contribution in [3.63, 3.8) is 0 Å². The van der Waals surface area contributed by atoms with Gasteiger partial charge >= 0.3 is 0 Å². The lowest BCUT2D eigenvalue weighted by atomic mass is 9.53. The normalized spacial score (nSPS) is 31.4. The fourth-order valence-corrected chi connectivity index (χ4v) is 7.08. The first kappa shape index (κ1) is 18.3. The molecule has 4 saturated carbocycles. The van der Waals surface area contributed by atoms with E-state index in [0.717, 1.165) is 24.2 Å². The van der Waals surface area contributed by atoms with Gasteiger partial charge in [0.1, 0.15) is 0 Å². The van der Waals surface area contributed by atoms with Gasteiger partial charge in [-0.2, -0.15) is 0 Å². The Morgan fingerprint density at radius 2 is 1.43 bits per heavy atom. The number of H-pyrrole nitrogens is 2. The largest absolute Gasteiger partial charge is 0.357 e. The van der Waals surface area contributed by atoms with E-state index in [9.17, 15) is 0 Å². The molecule has 2 heterocycles. The fourth-order valence-electron chi connectivity index (χ4n) is 7.08. The summed E-state index contributed by atoms with van der Waals surface area (Å²) in [4.78, 5) is 12.6. The van der Waals surface area contributed by atoms with Crippen LogP contribution in [0.1, 0.15) is 79.1 Å². The van der Waals surface area contributed by atoms with E-state index in [1.807, 2.05) is 0 Å². The van der Waals surface area contributed by atoms with Crippen molar-refractivity contribution in [2.45, 2.75) is 85.1 Å². The van der Waals surface area contributed by atoms with Crippen LogP contribution in [0.15, 0.2) is 4.99 Å². The van der Waals surface area contributed by atoms with Gasteiger partial charge in [0.05, 0.1) is 22.6 Å². The predicted octanol–water partition coefficient (Wildman–Crippen LogP) is 6.19. The van der Waals surface area contributed by atoms with Crippen molar-refractivity contribution >= 4 is 6.21 Å². The van der Waals surface area contributed by atoms with E-state index < -0.39 is 0 Å². The summed E-state index contributed by atoms with van der Waals surface area (Å²) in [5.41, 5.74) is 10.8. The maximum atomic E-state index is 5.29. The van der Waals surface area contributed by atoms with Crippen LogP contribution in [0.5, 0.6) is 0 Å². The number of aromatic nitrogens is 2. The molecule has 2 aromatic rings. The average molecular weight is 378 g/mol. The van der Waals surface area contributed by atoms with Gasteiger partial charge in [0.2, 0.25) is 0 Å². The van der Waals surface area contributed by atoms with Crippen LogP contribution in [0.2, 0.25) is 0 Å². The lowest BCUT2D eigenvalue weighted by Gasteiger charge is -2.54. The topological polar surface area (TPSA) is 43.9 Å². The Bertz CT molecular complexity index is 904. The van der Waals surface area contributed by atoms with Crippen LogP contribution in [0.4, 0.5) is 0 Å². The number of rotatable bonds is 4. The van der Waals surface area contributed by atoms with Crippen LogP contribution in [-0.2, 0) is 6.42 Å². The molecule has 3 nitrogen and oxygen atoms in total. The second-order valence-corrected chi connectivity index (χ2v) is 10.1. The smallest absolute Gasteiger partial charge is 0.0659 e. The summed E-state index contributed by atoms with van der Waals surface area (Å²) < 4.78 is 0. The Kier molecular flexibility index (Phi) is 4.16. The lowest BCUT2D eigenvalue weighted by molar-refractivity contribution is 0.00194. The number of nitrogens with zero attached hydrogens (tertiary/aromatic N) is 1. The highest BCUT2D eigenvalue weighted by molar-refractivity contribution is 5.84. The van der Waals surface area contributed by atoms with Gasteiger partial charge in [-0.05, 0) is 113 Å². The Balaban J connectivity index is 1.48. The third-order valence-electron chi connectivity index (χ3n) is 8.27. The Hall–Kier alpha value is -1.77. The van der Waals surface area contributed by atoms with Crippen molar-refractivity contribution in [2.24, 2.45) is 22.7 Å². The molecular weight excluding hydrogens is 342 g/mol. The minimum Gasteiger partial charge on any atom is -0.357 e. The van der Waals surface area contributed by atoms with Crippen LogP contribution >= 0.6 is 0 Å². The summed E-state index contributed by atoms with van der Waals surface area (Å²) in [6.45, 7) is 11.2. The van der Waals surface area contributed by atoms with Crippen molar-refractivity contribution in [1.82, 2.24) is 9.97 Å². The highest BCUT2D eigenvalue weighted by Crippen LogP contribution is 2.57. The first-order valence-electron chi connectivity index (χ1n) is 11.3. The van der Waals surface area contributed by atoms with E-state index in [-0.39, 0.29) is 5.54 Å². The summed E-state index contributed by atoms with van der Waals surface area (Å²) in [5, 5.41) is 0. The van der Waals surface area contributed by atoms with Crippen LogP contribution < -0.4 is 0 Å². The molecule has 150 valence electrons. The van der Waals surface area contributed by atoms with E-state index in [1.54, 1.807) is 0 Å². The maximum Gasteiger partial charge on any atom is 0.0659 e. The van der Waals surface area contributed by atoms with Crippen molar-refractivity contribution in [3.05, 3.63) is 33.6 Å². The number of aromatic amines is 2. The molecule has 2 N–H and O–H groups in total. The second-order valence-electron chi connectivity index (χ2n) is 10.1. The highest BCUT2D eigenvalue weighted by atomic mass is 14.9. The average Bonchev–Trinajstić information content (AvgIpc) is 3.08. The molecule has 2 aromatic heterocycles. The zero-order valence-corrected chi connectivity index (χ0v) is 18.2. The van der Waals surface area contributed by atoms with Gasteiger partial charge in [-0.1, -0.05) is 6.92 Å². The fraction of sp³-hybridized carbons (Fsp3) is 0.640. The molecular formula is C25H35N3. The van der Waals surface area contributed by atoms with Crippen LogP contribution in [-0.4, -0.2) is 21.7 Å². The summed E-state index contributed by atoms with van der Waals surface area (Å²) in [5.74, 6) is 2.84. The molecule has 0 amide bonds. The zero-order valence-electron chi connectivity index (χ0n) is 18.2. The van der Waals surface area contributed by atoms with E-state index in [0.29, 0.717) is 0 Å². The molecule has 0 aromatic carbocycles. The molecule has 3 heteroatoms. The quantitative estimate of drug-likeness (QED) is 0.596. The van der Waals surface area contributed by atoms with Gasteiger partial charge in [-0.25, -0.2) is 0 Å². The molecule has 0 radical (unpaired) electrons. The minimum atomic E-state index is 0.245. The highest BCUT2D eigenvalue weighted by Gasteiger charge is 2.50. The van der Waals surface area contributed by atoms with Gasteiger partial charge in [0, 0.05) is 11.9 Å². The molecule has 4 fully saturated rings. The molecule has 0 atom stereocenters. The van der Waals surface area contributed by atoms with E-state index in [4.69, 9.17) is 4.99 Å². The monoisotopic (exact) mass is 377 g/mol. The predicted molar refractivity (Wildman–Crippen MR) is 117 cm³/mol. The number of nitrogens with one attached hydrogen (secondary N) is 2. The zero-order chi connectivity index (χ0) is 19.6. The summed E-state index contributed by atoms with van der Waals surface area (Å²) in [6, 6.07) is 0. The third kappa shape index (κ3) is 2.73. The molecule has 0 unspecified atom stereocenters. The minimum absolute atomic E-state index is 0.245. The summed E-state index contributed by atoms with van der Waals surface area (Å²) in [6.07, 6.45) is 11.7. The second kappa shape index (κ2) is 6.37. The van der Waals surface area contributed by atoms with E-state index >= 15 is 0 Å². The van der Waals surface area contributed by atoms with Gasteiger partial charge < -0.3 is 9.97 Å². The molecule has 0 aliphatic heterocycles. The SMILES string of the molecule is CCc1c(C)[nH]c(-c2[nH]c(C=NC34CC5CC(CC(C5)C3)C4)c(C)c2C)c1C. The van der Waals surface area contributed by atoms with Gasteiger partial charge in [-0.15, -0.1) is 0 Å². The molecule has 28 heavy (non-hydrogen) atoms. The molecule has 6 rings (SSSR count). The van der Waals surface area contributed by atoms with Gasteiger partial charge in [0.25, 0.3) is 0 Å². The van der Waals surface area contributed by atoms with Gasteiger partial charge in [-0.3, -0.25) is 4.99 Å². The first-order chi connectivity index (χ1) is 13.4. The summed E-state index contributed by atoms with van der Waals surface area (Å²) >= 11 is 0. The Labute approximate surface area is 169 Å². The standard InChI is InChI=1S/C25H35N3/c1-6-21-16(4)24(27-17(21)5)23-15(3)14(2)22(28-23)13-26-25-10-18-7-19(11-25)9-20(8-18)12-25/h13,18-20,27-28H,6-12H2,1-5H3. The third-order valence-corrected chi connectivity index (χ3v) is 8.27. The molecule has 0 spiro atoms. The first-order valence-corrected chi connectivity index (χ1v) is 11.3. The molecule has 0 saturated heterocycles. The van der Waals surface area contributed by atoms with Crippen molar-refractivity contribution in [3.8, 4) is 11.4 Å². The van der Waals surface area contributed by atoms with Crippen LogP contribution in [0.3, 0.4) is 0 Å². The number of aryl methyl sites for hydroxylation is 1. The molecule has 4 aliphatic rings. The number of aliphatic imine (C=N–C) groups is 1. The number of hydrogen-bond acceptors (Lipinski definition) is 1. The summed E-state index contributed by atoms with van der Waals surface area (Å²) in [7, 11) is 0. The van der Waals surface area contributed by atoms with Crippen LogP contribution in [0, 0.1) is 45.4 Å². The Morgan fingerprint density at radius 1 is 0.857 bits per heavy atom. The lowest BCUT2D eigenvalue weighted by Crippen LogP contribution is -2.49. The number of hydrogen-bond donors (Lipinski definition) is 2. The van der Waals surface area contributed by atoms with Gasteiger partial charge in [0.15, 0.2) is 0 Å². The van der Waals surface area contributed by atoms with Crippen molar-refractivity contribution in [1.29, 1.82) is 0 Å². The Morgan fingerprint density at radius 3 is 1.96 bits per heavy atom. The molecule has 4 aliphatic carbocycles. The van der Waals surface area contributed by atoms with E-state index in [2.05, 4.69) is 50.8 Å². The van der Waals surface area contributed by atoms with E-state index in [1.165, 1.54) is 83.6 Å².